The lowest BCUT2D eigenvalue weighted by atomic mass is 10.1. The van der Waals surface area contributed by atoms with Crippen LogP contribution < -0.4 is 0 Å². The number of hydrogen-bond acceptors (Lipinski definition) is 3. The fraction of sp³-hybridized carbons (Fsp3) is 0.400. The molecule has 0 aromatic heterocycles. The van der Waals surface area contributed by atoms with Gasteiger partial charge >= 0.3 is 0 Å². The molecule has 1 rings (SSSR count). The molecular formula is C15H20O3. The number of hydrogen-bond donors (Lipinski definition) is 0. The van der Waals surface area contributed by atoms with Crippen molar-refractivity contribution < 1.29 is 14.3 Å². The molecule has 0 radical (unpaired) electrons. The highest BCUT2D eigenvalue weighted by Gasteiger charge is 2.03. The summed E-state index contributed by atoms with van der Waals surface area (Å²) in [7, 11) is 3.19. The molecule has 0 saturated carbocycles. The zero-order chi connectivity index (χ0) is 13.2. The summed E-state index contributed by atoms with van der Waals surface area (Å²) in [6.45, 7) is 0. The van der Waals surface area contributed by atoms with Gasteiger partial charge < -0.3 is 9.47 Å². The van der Waals surface area contributed by atoms with E-state index in [0.717, 1.165) is 18.4 Å². The van der Waals surface area contributed by atoms with Crippen molar-refractivity contribution in [2.45, 2.75) is 25.6 Å². The average Bonchev–Trinajstić information content (AvgIpc) is 2.43. The Morgan fingerprint density at radius 1 is 1.22 bits per heavy atom. The van der Waals surface area contributed by atoms with Crippen molar-refractivity contribution >= 4 is 5.78 Å². The minimum atomic E-state index is -0.296. The zero-order valence-corrected chi connectivity index (χ0v) is 11.0. The lowest BCUT2D eigenvalue weighted by molar-refractivity contribution is -0.0667. The zero-order valence-electron chi connectivity index (χ0n) is 11.0. The number of ketones is 1. The second kappa shape index (κ2) is 8.61. The fourth-order valence-corrected chi connectivity index (χ4v) is 1.61. The van der Waals surface area contributed by atoms with Gasteiger partial charge in [0.15, 0.2) is 12.1 Å². The van der Waals surface area contributed by atoms with Crippen LogP contribution in [0.5, 0.6) is 0 Å². The van der Waals surface area contributed by atoms with E-state index in [1.807, 2.05) is 42.5 Å². The first-order valence-electron chi connectivity index (χ1n) is 6.08. The quantitative estimate of drug-likeness (QED) is 0.307. The molecule has 0 N–H and O–H groups in total. The maximum Gasteiger partial charge on any atom is 0.176 e. The van der Waals surface area contributed by atoms with Crippen LogP contribution in [0.4, 0.5) is 0 Å². The molecule has 0 aliphatic heterocycles. The number of benzene rings is 1. The highest BCUT2D eigenvalue weighted by atomic mass is 16.7. The average molecular weight is 248 g/mol. The van der Waals surface area contributed by atoms with Crippen LogP contribution in [0.2, 0.25) is 0 Å². The van der Waals surface area contributed by atoms with Gasteiger partial charge in [0, 0.05) is 26.2 Å². The number of Topliss-reactive ketones (excluding diaryl/α,β-unsaturated/α-hetero) is 1. The number of carbonyl (C=O) groups is 1. The van der Waals surface area contributed by atoms with E-state index in [4.69, 9.17) is 9.47 Å². The Hall–Kier alpha value is -1.45. The molecule has 3 nitrogen and oxygen atoms in total. The van der Waals surface area contributed by atoms with Gasteiger partial charge in [0.25, 0.3) is 0 Å². The fourth-order valence-electron chi connectivity index (χ4n) is 1.61. The smallest absolute Gasteiger partial charge is 0.176 e. The number of allylic oxidation sites excluding steroid dienone is 1. The Labute approximate surface area is 108 Å². The van der Waals surface area contributed by atoms with Crippen LogP contribution in [-0.4, -0.2) is 26.3 Å². The van der Waals surface area contributed by atoms with Gasteiger partial charge in [-0.1, -0.05) is 36.4 Å². The first kappa shape index (κ1) is 14.6. The lowest BCUT2D eigenvalue weighted by Gasteiger charge is -2.07. The van der Waals surface area contributed by atoms with E-state index >= 15 is 0 Å². The molecule has 0 unspecified atom stereocenters. The minimum absolute atomic E-state index is 0.194. The van der Waals surface area contributed by atoms with Gasteiger partial charge in [0.2, 0.25) is 0 Å². The van der Waals surface area contributed by atoms with E-state index in [1.165, 1.54) is 0 Å². The van der Waals surface area contributed by atoms with Crippen molar-refractivity contribution in [2.75, 3.05) is 14.2 Å². The molecule has 0 fully saturated rings. The molecule has 0 bridgehead atoms. The summed E-state index contributed by atoms with van der Waals surface area (Å²) >= 11 is 0. The summed E-state index contributed by atoms with van der Waals surface area (Å²) in [5, 5.41) is 0. The van der Waals surface area contributed by atoms with E-state index in [9.17, 15) is 4.79 Å². The van der Waals surface area contributed by atoms with Gasteiger partial charge in [-0.3, -0.25) is 4.79 Å². The van der Waals surface area contributed by atoms with Crippen LogP contribution in [0.3, 0.4) is 0 Å². The molecule has 0 aliphatic carbocycles. The molecule has 18 heavy (non-hydrogen) atoms. The monoisotopic (exact) mass is 248 g/mol. The third kappa shape index (κ3) is 5.25. The van der Waals surface area contributed by atoms with Gasteiger partial charge in [-0.05, 0) is 18.9 Å². The molecule has 1 aromatic carbocycles. The molecule has 98 valence electrons. The lowest BCUT2D eigenvalue weighted by Crippen LogP contribution is -2.08. The summed E-state index contributed by atoms with van der Waals surface area (Å²) in [5.41, 5.74) is 0.785. The standard InChI is InChI=1S/C15H20O3/c1-17-15(18-2)12-8-4-7-11-14(16)13-9-5-3-6-10-13/h3,5-6,8-10,12,15H,4,7,11H2,1-2H3/b12-8+. The van der Waals surface area contributed by atoms with Crippen molar-refractivity contribution in [1.29, 1.82) is 0 Å². The van der Waals surface area contributed by atoms with Gasteiger partial charge in [-0.25, -0.2) is 0 Å². The number of methoxy groups -OCH3 is 2. The Bertz CT molecular complexity index is 367. The van der Waals surface area contributed by atoms with Crippen molar-refractivity contribution in [3.8, 4) is 0 Å². The van der Waals surface area contributed by atoms with Crippen LogP contribution in [0.15, 0.2) is 42.5 Å². The molecule has 0 spiro atoms. The highest BCUT2D eigenvalue weighted by Crippen LogP contribution is 2.07. The van der Waals surface area contributed by atoms with Crippen LogP contribution in [0, 0.1) is 0 Å². The summed E-state index contributed by atoms with van der Waals surface area (Å²) in [6.07, 6.45) is 5.79. The number of carbonyl (C=O) groups excluding carboxylic acids is 1. The predicted octanol–water partition coefficient (Wildman–Crippen LogP) is 3.21. The van der Waals surface area contributed by atoms with Gasteiger partial charge in [0.1, 0.15) is 0 Å². The molecule has 0 atom stereocenters. The van der Waals surface area contributed by atoms with Gasteiger partial charge in [0.05, 0.1) is 0 Å². The van der Waals surface area contributed by atoms with Crippen LogP contribution in [-0.2, 0) is 9.47 Å². The Morgan fingerprint density at radius 2 is 1.89 bits per heavy atom. The second-order valence-electron chi connectivity index (χ2n) is 3.95. The Morgan fingerprint density at radius 3 is 2.50 bits per heavy atom. The molecule has 1 aromatic rings. The van der Waals surface area contributed by atoms with Gasteiger partial charge in [-0.2, -0.15) is 0 Å². The normalized spacial score (nSPS) is 11.3. The SMILES string of the molecule is COC(/C=C/CCCC(=O)c1ccccc1)OC. The van der Waals surface area contributed by atoms with E-state index in [-0.39, 0.29) is 12.1 Å². The van der Waals surface area contributed by atoms with Crippen molar-refractivity contribution in [3.63, 3.8) is 0 Å². The Kier molecular flexibility index (Phi) is 6.99. The third-order valence-electron chi connectivity index (χ3n) is 2.63. The Balaban J connectivity index is 2.24. The second-order valence-corrected chi connectivity index (χ2v) is 3.95. The number of ether oxygens (including phenoxy) is 2. The third-order valence-corrected chi connectivity index (χ3v) is 2.63. The summed E-state index contributed by atoms with van der Waals surface area (Å²) in [5.74, 6) is 0.194. The largest absolute Gasteiger partial charge is 0.352 e. The van der Waals surface area contributed by atoms with E-state index in [0.29, 0.717) is 6.42 Å². The van der Waals surface area contributed by atoms with E-state index in [1.54, 1.807) is 14.2 Å². The minimum Gasteiger partial charge on any atom is -0.352 e. The number of rotatable bonds is 8. The van der Waals surface area contributed by atoms with Crippen LogP contribution in [0.1, 0.15) is 29.6 Å². The molecule has 0 heterocycles. The number of unbranched alkanes of at least 4 members (excludes halogenated alkanes) is 1. The van der Waals surface area contributed by atoms with Crippen molar-refractivity contribution in [3.05, 3.63) is 48.0 Å². The van der Waals surface area contributed by atoms with Crippen molar-refractivity contribution in [1.82, 2.24) is 0 Å². The van der Waals surface area contributed by atoms with Crippen molar-refractivity contribution in [2.24, 2.45) is 0 Å². The summed E-state index contributed by atoms with van der Waals surface area (Å²) in [4.78, 5) is 11.8. The van der Waals surface area contributed by atoms with Gasteiger partial charge in [-0.15, -0.1) is 0 Å². The van der Waals surface area contributed by atoms with E-state index < -0.39 is 0 Å². The first-order chi connectivity index (χ1) is 8.77. The maximum absolute atomic E-state index is 11.8. The molecule has 0 amide bonds. The maximum atomic E-state index is 11.8. The van der Waals surface area contributed by atoms with Crippen LogP contribution >= 0.6 is 0 Å². The molecule has 0 aliphatic rings. The van der Waals surface area contributed by atoms with E-state index in [2.05, 4.69) is 0 Å². The molecular weight excluding hydrogens is 228 g/mol. The van der Waals surface area contributed by atoms with Crippen LogP contribution in [0.25, 0.3) is 0 Å². The topological polar surface area (TPSA) is 35.5 Å². The predicted molar refractivity (Wildman–Crippen MR) is 71.6 cm³/mol. The highest BCUT2D eigenvalue weighted by molar-refractivity contribution is 5.95. The summed E-state index contributed by atoms with van der Waals surface area (Å²) < 4.78 is 10.0. The first-order valence-corrected chi connectivity index (χ1v) is 6.08. The molecule has 3 heteroatoms. The molecule has 0 saturated heterocycles. The summed E-state index contributed by atoms with van der Waals surface area (Å²) in [6, 6.07) is 9.38.